The van der Waals surface area contributed by atoms with Crippen molar-refractivity contribution in [1.82, 2.24) is 19.1 Å². The number of nitrogens with zero attached hydrogens (tertiary/aromatic N) is 2. The fraction of sp³-hybridized carbons (Fsp3) is 0.706. The van der Waals surface area contributed by atoms with Gasteiger partial charge in [0.25, 0.3) is 11.1 Å². The number of carbonyl (C=O) groups excluding carboxylic acids is 2. The van der Waals surface area contributed by atoms with Gasteiger partial charge in [-0.3, -0.25) is 38.3 Å². The van der Waals surface area contributed by atoms with Gasteiger partial charge in [0.2, 0.25) is 0 Å². The molecule has 0 amide bonds. The molecule has 3 saturated heterocycles. The van der Waals surface area contributed by atoms with Crippen molar-refractivity contribution in [2.75, 3.05) is 24.7 Å². The van der Waals surface area contributed by atoms with E-state index in [0.717, 1.165) is 65.5 Å². The van der Waals surface area contributed by atoms with Crippen molar-refractivity contribution >= 4 is 58.8 Å². The highest BCUT2D eigenvalue weighted by atomic mass is 33.1. The maximum atomic E-state index is 11.9. The first-order valence-electron chi connectivity index (χ1n) is 18.3. The van der Waals surface area contributed by atoms with Crippen LogP contribution in [-0.4, -0.2) is 123 Å². The number of thiol groups is 2. The minimum atomic E-state index is -1.41. The van der Waals surface area contributed by atoms with E-state index in [1.54, 1.807) is 0 Å². The van der Waals surface area contributed by atoms with Crippen LogP contribution in [0.1, 0.15) is 76.7 Å². The van der Waals surface area contributed by atoms with Gasteiger partial charge >= 0.3 is 23.3 Å². The van der Waals surface area contributed by atoms with Crippen LogP contribution in [0.25, 0.3) is 0 Å². The maximum absolute atomic E-state index is 11.9. The zero-order valence-electron chi connectivity index (χ0n) is 30.5. The van der Waals surface area contributed by atoms with Gasteiger partial charge in [-0.1, -0.05) is 34.4 Å². The van der Waals surface area contributed by atoms with Gasteiger partial charge in [0.05, 0.1) is 0 Å². The third-order valence-electron chi connectivity index (χ3n) is 9.26. The van der Waals surface area contributed by atoms with Crippen molar-refractivity contribution in [1.29, 1.82) is 0 Å². The van der Waals surface area contributed by atoms with Gasteiger partial charge in [0.1, 0.15) is 49.8 Å². The van der Waals surface area contributed by atoms with Crippen LogP contribution in [0.2, 0.25) is 0 Å². The molecule has 0 radical (unpaired) electrons. The Labute approximate surface area is 340 Å². The predicted octanol–water partition coefficient (Wildman–Crippen LogP) is 0.291. The third kappa shape index (κ3) is 13.8. The Kier molecular flexibility index (Phi) is 19.1. The van der Waals surface area contributed by atoms with Crippen molar-refractivity contribution in [2.45, 2.75) is 124 Å². The summed E-state index contributed by atoms with van der Waals surface area (Å²) in [5.41, 5.74) is -2.71. The number of hydrogen-bond donors (Lipinski definition) is 8. The van der Waals surface area contributed by atoms with Gasteiger partial charge in [-0.2, -0.15) is 25.3 Å². The Morgan fingerprint density at radius 2 is 1.29 bits per heavy atom. The number of rotatable bonds is 18. The second kappa shape index (κ2) is 23.2. The molecule has 56 heavy (non-hydrogen) atoms. The highest BCUT2D eigenvalue weighted by Crippen LogP contribution is 2.40. The van der Waals surface area contributed by atoms with Crippen LogP contribution in [0.3, 0.4) is 0 Å². The van der Waals surface area contributed by atoms with Gasteiger partial charge in [0.15, 0.2) is 12.5 Å². The summed E-state index contributed by atoms with van der Waals surface area (Å²) in [7, 11) is 3.81. The normalized spacial score (nSPS) is 27.7. The molecule has 6 N–H and O–H groups in total. The van der Waals surface area contributed by atoms with Crippen LogP contribution in [0.4, 0.5) is 0 Å². The average molecular weight is 867 g/mol. The Hall–Kier alpha value is -2.54. The van der Waals surface area contributed by atoms with Crippen LogP contribution in [0.5, 0.6) is 0 Å². The number of esters is 2. The number of nitrogens with one attached hydrogen (secondary N) is 2. The molecule has 4 unspecified atom stereocenters. The Bertz CT molecular complexity index is 1790. The molecule has 18 nitrogen and oxygen atoms in total. The van der Waals surface area contributed by atoms with Gasteiger partial charge < -0.3 is 39.4 Å². The monoisotopic (exact) mass is 866 g/mol. The van der Waals surface area contributed by atoms with Gasteiger partial charge in [-0.15, -0.1) is 0 Å². The number of hydrogen-bond acceptors (Lipinski definition) is 18. The van der Waals surface area contributed by atoms with Crippen molar-refractivity contribution in [3.05, 3.63) is 66.2 Å². The molecule has 0 spiro atoms. The lowest BCUT2D eigenvalue weighted by Crippen LogP contribution is -2.37. The highest BCUT2D eigenvalue weighted by Gasteiger charge is 2.45. The van der Waals surface area contributed by atoms with E-state index in [1.807, 2.05) is 26.6 Å². The zero-order chi connectivity index (χ0) is 40.8. The largest absolute Gasteiger partial charge is 0.463 e. The summed E-state index contributed by atoms with van der Waals surface area (Å²) in [6, 6.07) is 2.21. The number of unbranched alkanes of at least 4 members (excludes halogenated alkanes) is 2. The Morgan fingerprint density at radius 3 is 1.73 bits per heavy atom. The number of aliphatic hydroxyl groups excluding tert-OH is 4. The SMILES string of the molecule is O=C(CCCCC(S)CCS)OCC1O[C@@H](n2ccc(=O)[nH]c2=O)[C@H](O)[C@@H]1O.O=C(CCCCC1CCSS1)OCC1O[C@@H](n2ccc(=O)[nH]c2=O)[C@H](O)[C@@H]1O. The molecule has 2 aromatic heterocycles. The second-order valence-corrected chi connectivity index (χ2v) is 17.4. The van der Waals surface area contributed by atoms with Crippen molar-refractivity contribution in [3.63, 3.8) is 0 Å². The molecule has 5 rings (SSSR count). The van der Waals surface area contributed by atoms with Crippen LogP contribution in [-0.2, 0) is 28.5 Å². The quantitative estimate of drug-likeness (QED) is 0.0434. The lowest BCUT2D eigenvalue weighted by Gasteiger charge is -2.16. The van der Waals surface area contributed by atoms with E-state index in [0.29, 0.717) is 18.1 Å². The van der Waals surface area contributed by atoms with Gasteiger partial charge in [-0.05, 0) is 44.3 Å². The molecule has 3 aliphatic heterocycles. The van der Waals surface area contributed by atoms with E-state index in [-0.39, 0.29) is 30.9 Å². The summed E-state index contributed by atoms with van der Waals surface area (Å²) in [6.07, 6.45) is 0.403. The molecule has 5 heterocycles. The first-order chi connectivity index (χ1) is 26.8. The minimum Gasteiger partial charge on any atom is -0.463 e. The standard InChI is InChI=1S/C17H24N2O7S2.C17H26N2O7S2/c20-12-5-7-19(17(24)18-12)16-15(23)14(22)11(26-16)9-25-13(21)4-2-1-3-10-6-8-27-28-10;20-12-5-7-19(17(24)18-12)16-15(23)14(22)11(26-16)9-25-13(21)4-2-1-3-10(28)6-8-27/h5,7,10-11,14-16,22-23H,1-4,6,8-9H2,(H,18,20,24);5,7,10-11,14-16,22-23,27-28H,1-4,6,8-9H2,(H,18,20,24)/t2*10?,11?,14-,15-,16-/m11/s1. The topological polar surface area (TPSA) is 262 Å². The van der Waals surface area contributed by atoms with Gasteiger partial charge in [0, 0.05) is 53.6 Å². The smallest absolute Gasteiger partial charge is 0.330 e. The zero-order valence-corrected chi connectivity index (χ0v) is 33.9. The van der Waals surface area contributed by atoms with E-state index in [4.69, 9.17) is 18.9 Å². The van der Waals surface area contributed by atoms with Gasteiger partial charge in [-0.25, -0.2) is 9.59 Å². The fourth-order valence-corrected chi connectivity index (χ4v) is 9.95. The summed E-state index contributed by atoms with van der Waals surface area (Å²) in [4.78, 5) is 73.8. The van der Waals surface area contributed by atoms with E-state index in [2.05, 4.69) is 30.2 Å². The minimum absolute atomic E-state index is 0.221. The first-order valence-corrected chi connectivity index (χ1v) is 21.9. The molecule has 10 atom stereocenters. The lowest BCUT2D eigenvalue weighted by atomic mass is 10.1. The highest BCUT2D eigenvalue weighted by molar-refractivity contribution is 8.77. The van der Waals surface area contributed by atoms with Crippen molar-refractivity contribution < 1.29 is 49.0 Å². The van der Waals surface area contributed by atoms with E-state index in [9.17, 15) is 49.2 Å². The summed E-state index contributed by atoms with van der Waals surface area (Å²) in [5.74, 6) is 1.15. The molecular weight excluding hydrogens is 817 g/mol. The van der Waals surface area contributed by atoms with Crippen molar-refractivity contribution in [3.8, 4) is 0 Å². The van der Waals surface area contributed by atoms with E-state index in [1.165, 1.54) is 24.6 Å². The molecule has 3 aliphatic rings. The van der Waals surface area contributed by atoms with E-state index >= 15 is 0 Å². The summed E-state index contributed by atoms with van der Waals surface area (Å²) in [6.45, 7) is -0.471. The number of aromatic nitrogens is 4. The van der Waals surface area contributed by atoms with Crippen LogP contribution < -0.4 is 22.5 Å². The summed E-state index contributed by atoms with van der Waals surface area (Å²) in [5, 5.41) is 41.5. The molecule has 314 valence electrons. The molecule has 0 aromatic carbocycles. The number of aliphatic hydroxyl groups is 4. The number of aromatic amines is 2. The van der Waals surface area contributed by atoms with Crippen LogP contribution >= 0.6 is 46.8 Å². The molecule has 22 heteroatoms. The average Bonchev–Trinajstić information content (AvgIpc) is 3.86. The lowest BCUT2D eigenvalue weighted by molar-refractivity contribution is -0.151. The van der Waals surface area contributed by atoms with E-state index < -0.39 is 77.5 Å². The number of carbonyl (C=O) groups is 2. The number of H-pyrrole nitrogens is 2. The van der Waals surface area contributed by atoms with Crippen LogP contribution in [0, 0.1) is 0 Å². The first kappa shape index (κ1) is 46.2. The third-order valence-corrected chi connectivity index (χ3v) is 13.0. The Morgan fingerprint density at radius 1 is 0.786 bits per heavy atom. The Balaban J connectivity index is 0.000000249. The van der Waals surface area contributed by atoms with Crippen LogP contribution in [0.15, 0.2) is 43.7 Å². The summed E-state index contributed by atoms with van der Waals surface area (Å²) >= 11 is 8.58. The second-order valence-electron chi connectivity index (χ2n) is 13.5. The van der Waals surface area contributed by atoms with Crippen molar-refractivity contribution in [2.24, 2.45) is 0 Å². The molecule has 3 fully saturated rings. The number of ether oxygens (including phenoxy) is 4. The molecule has 2 aromatic rings. The molecule has 0 saturated carbocycles. The predicted molar refractivity (Wildman–Crippen MR) is 213 cm³/mol. The maximum Gasteiger partial charge on any atom is 0.330 e. The molecule has 0 aliphatic carbocycles. The summed E-state index contributed by atoms with van der Waals surface area (Å²) < 4.78 is 23.2. The molecular formula is C34H50N4O14S4. The molecule has 0 bridgehead atoms. The fourth-order valence-electron chi connectivity index (χ4n) is 6.09.